The zero-order valence-electron chi connectivity index (χ0n) is 16.7. The Hall–Kier alpha value is -3.15. The number of nitrogens with one attached hydrogen (secondary N) is 3. The summed E-state index contributed by atoms with van der Waals surface area (Å²) in [5.74, 6) is -0.372. The van der Waals surface area contributed by atoms with E-state index in [1.807, 2.05) is 61.5 Å². The topological polar surface area (TPSA) is 70.2 Å². The van der Waals surface area contributed by atoms with Crippen molar-refractivity contribution in [2.45, 2.75) is 13.0 Å². The Bertz CT molecular complexity index is 1010. The number of carbonyl (C=O) groups is 2. The minimum atomic E-state index is -0.203. The molecule has 1 unspecified atom stereocenters. The van der Waals surface area contributed by atoms with Gasteiger partial charge in [-0.2, -0.15) is 0 Å². The largest absolute Gasteiger partial charge is 0.352 e. The van der Waals surface area contributed by atoms with Crippen molar-refractivity contribution in [3.8, 4) is 0 Å². The van der Waals surface area contributed by atoms with Crippen LogP contribution in [-0.4, -0.2) is 24.9 Å². The van der Waals surface area contributed by atoms with E-state index in [1.54, 1.807) is 24.3 Å². The number of benzene rings is 3. The minimum Gasteiger partial charge on any atom is -0.352 e. The maximum Gasteiger partial charge on any atom is 0.251 e. The van der Waals surface area contributed by atoms with E-state index in [-0.39, 0.29) is 24.4 Å². The number of halogens is 1. The predicted octanol–water partition coefficient (Wildman–Crippen LogP) is 4.41. The molecule has 30 heavy (non-hydrogen) atoms. The summed E-state index contributed by atoms with van der Waals surface area (Å²) in [6, 6.07) is 24.1. The number of amides is 2. The van der Waals surface area contributed by atoms with Gasteiger partial charge in [0.1, 0.15) is 0 Å². The number of rotatable bonds is 8. The molecule has 3 rings (SSSR count). The molecule has 0 aliphatic carbocycles. The van der Waals surface area contributed by atoms with Crippen LogP contribution in [0.1, 0.15) is 34.5 Å². The van der Waals surface area contributed by atoms with Gasteiger partial charge in [0.15, 0.2) is 0 Å². The Balaban J connectivity index is 1.69. The summed E-state index contributed by atoms with van der Waals surface area (Å²) in [7, 11) is 0. The molecule has 5 nitrogen and oxygen atoms in total. The molecular formula is C24H24ClN3O2. The highest BCUT2D eigenvalue weighted by Crippen LogP contribution is 2.24. The second-order valence-electron chi connectivity index (χ2n) is 6.77. The summed E-state index contributed by atoms with van der Waals surface area (Å²) in [5, 5.41) is 9.54. The molecule has 0 saturated heterocycles. The molecule has 0 spiro atoms. The normalized spacial score (nSPS) is 11.5. The van der Waals surface area contributed by atoms with E-state index in [0.29, 0.717) is 22.8 Å². The lowest BCUT2D eigenvalue weighted by molar-refractivity contribution is -0.115. The molecule has 0 fully saturated rings. The first-order chi connectivity index (χ1) is 14.6. The molecule has 6 heteroatoms. The molecule has 0 aliphatic heterocycles. The number of carbonyl (C=O) groups excluding carboxylic acids is 2. The van der Waals surface area contributed by atoms with Gasteiger partial charge in [0, 0.05) is 22.8 Å². The van der Waals surface area contributed by atoms with Crippen LogP contribution in [0.5, 0.6) is 0 Å². The molecule has 3 aromatic rings. The van der Waals surface area contributed by atoms with Crippen molar-refractivity contribution in [3.63, 3.8) is 0 Å². The van der Waals surface area contributed by atoms with Gasteiger partial charge in [0.05, 0.1) is 12.6 Å². The van der Waals surface area contributed by atoms with Crippen molar-refractivity contribution in [2.75, 3.05) is 18.4 Å². The fourth-order valence-corrected chi connectivity index (χ4v) is 3.36. The van der Waals surface area contributed by atoms with E-state index >= 15 is 0 Å². The summed E-state index contributed by atoms with van der Waals surface area (Å²) in [4.78, 5) is 24.5. The fraction of sp³-hybridized carbons (Fsp3) is 0.167. The third-order valence-corrected chi connectivity index (χ3v) is 4.76. The highest BCUT2D eigenvalue weighted by molar-refractivity contribution is 6.30. The van der Waals surface area contributed by atoms with Crippen LogP contribution in [0.25, 0.3) is 0 Å². The summed E-state index contributed by atoms with van der Waals surface area (Å²) >= 11 is 6.17. The second kappa shape index (κ2) is 10.6. The van der Waals surface area contributed by atoms with Crippen LogP contribution in [0.2, 0.25) is 5.02 Å². The van der Waals surface area contributed by atoms with Crippen LogP contribution >= 0.6 is 11.6 Å². The smallest absolute Gasteiger partial charge is 0.251 e. The molecule has 3 aromatic carbocycles. The molecule has 0 aromatic heterocycles. The average molecular weight is 422 g/mol. The van der Waals surface area contributed by atoms with Gasteiger partial charge in [-0.05, 0) is 48.4 Å². The summed E-state index contributed by atoms with van der Waals surface area (Å²) < 4.78 is 0. The predicted molar refractivity (Wildman–Crippen MR) is 121 cm³/mol. The first-order valence-electron chi connectivity index (χ1n) is 9.78. The van der Waals surface area contributed by atoms with Crippen molar-refractivity contribution < 1.29 is 9.59 Å². The Morgan fingerprint density at radius 2 is 1.63 bits per heavy atom. The third kappa shape index (κ3) is 5.92. The highest BCUT2D eigenvalue weighted by atomic mass is 35.5. The fourth-order valence-electron chi connectivity index (χ4n) is 3.16. The summed E-state index contributed by atoms with van der Waals surface area (Å²) in [6.45, 7) is 2.50. The second-order valence-corrected chi connectivity index (χ2v) is 7.20. The molecule has 1 atom stereocenters. The lowest BCUT2D eigenvalue weighted by Gasteiger charge is -2.20. The molecule has 0 aliphatic rings. The SMILES string of the molecule is CCNC(=O)c1cccc(NC(=O)CNC(c2ccccc2)c2cccc(Cl)c2)c1. The molecule has 154 valence electrons. The van der Waals surface area contributed by atoms with E-state index in [0.717, 1.165) is 11.1 Å². The average Bonchev–Trinajstić information content (AvgIpc) is 2.75. The van der Waals surface area contributed by atoms with Crippen molar-refractivity contribution in [1.29, 1.82) is 0 Å². The van der Waals surface area contributed by atoms with Crippen LogP contribution in [0, 0.1) is 0 Å². The van der Waals surface area contributed by atoms with Crippen LogP contribution < -0.4 is 16.0 Å². The number of hydrogen-bond donors (Lipinski definition) is 3. The number of hydrogen-bond acceptors (Lipinski definition) is 3. The van der Waals surface area contributed by atoms with Gasteiger partial charge in [-0.3, -0.25) is 14.9 Å². The lowest BCUT2D eigenvalue weighted by atomic mass is 9.99. The van der Waals surface area contributed by atoms with Gasteiger partial charge in [0.2, 0.25) is 5.91 Å². The molecule has 0 heterocycles. The van der Waals surface area contributed by atoms with E-state index in [9.17, 15) is 9.59 Å². The van der Waals surface area contributed by atoms with Crippen molar-refractivity contribution in [1.82, 2.24) is 10.6 Å². The van der Waals surface area contributed by atoms with Crippen molar-refractivity contribution in [3.05, 3.63) is 101 Å². The Kier molecular flexibility index (Phi) is 7.60. The first-order valence-corrected chi connectivity index (χ1v) is 10.2. The zero-order chi connectivity index (χ0) is 21.3. The van der Waals surface area contributed by atoms with E-state index in [2.05, 4.69) is 16.0 Å². The van der Waals surface area contributed by atoms with E-state index in [4.69, 9.17) is 11.6 Å². The summed E-state index contributed by atoms with van der Waals surface area (Å²) in [6.07, 6.45) is 0. The maximum absolute atomic E-state index is 12.6. The van der Waals surface area contributed by atoms with Gasteiger partial charge in [-0.15, -0.1) is 0 Å². The molecule has 0 saturated carbocycles. The maximum atomic E-state index is 12.6. The zero-order valence-corrected chi connectivity index (χ0v) is 17.4. The molecule has 0 radical (unpaired) electrons. The van der Waals surface area contributed by atoms with E-state index < -0.39 is 0 Å². The Labute approximate surface area is 181 Å². The minimum absolute atomic E-state index is 0.0947. The van der Waals surface area contributed by atoms with Crippen LogP contribution in [0.15, 0.2) is 78.9 Å². The van der Waals surface area contributed by atoms with Gasteiger partial charge in [-0.1, -0.05) is 60.1 Å². The lowest BCUT2D eigenvalue weighted by Crippen LogP contribution is -2.32. The molecule has 0 bridgehead atoms. The summed E-state index contributed by atoms with van der Waals surface area (Å²) in [5.41, 5.74) is 3.08. The van der Waals surface area contributed by atoms with Crippen LogP contribution in [0.4, 0.5) is 5.69 Å². The van der Waals surface area contributed by atoms with Crippen LogP contribution in [-0.2, 0) is 4.79 Å². The Morgan fingerprint density at radius 3 is 2.37 bits per heavy atom. The Morgan fingerprint density at radius 1 is 0.900 bits per heavy atom. The highest BCUT2D eigenvalue weighted by Gasteiger charge is 2.16. The van der Waals surface area contributed by atoms with E-state index in [1.165, 1.54) is 0 Å². The monoisotopic (exact) mass is 421 g/mol. The molecule has 2 amide bonds. The van der Waals surface area contributed by atoms with Gasteiger partial charge in [0.25, 0.3) is 5.91 Å². The number of anilines is 1. The van der Waals surface area contributed by atoms with Crippen molar-refractivity contribution >= 4 is 29.1 Å². The quantitative estimate of drug-likeness (QED) is 0.504. The van der Waals surface area contributed by atoms with Gasteiger partial charge >= 0.3 is 0 Å². The van der Waals surface area contributed by atoms with Crippen LogP contribution in [0.3, 0.4) is 0 Å². The standard InChI is InChI=1S/C24H24ClN3O2/c1-2-26-24(30)19-11-7-13-21(15-19)28-22(29)16-27-23(17-8-4-3-5-9-17)18-10-6-12-20(25)14-18/h3-15,23,27H,2,16H2,1H3,(H,26,30)(H,28,29). The van der Waals surface area contributed by atoms with Gasteiger partial charge in [-0.25, -0.2) is 0 Å². The molecule has 3 N–H and O–H groups in total. The third-order valence-electron chi connectivity index (χ3n) is 4.53. The van der Waals surface area contributed by atoms with Gasteiger partial charge < -0.3 is 10.6 Å². The molecular weight excluding hydrogens is 398 g/mol. The first kappa shape index (κ1) is 21.6. The van der Waals surface area contributed by atoms with Crippen molar-refractivity contribution in [2.24, 2.45) is 0 Å².